The van der Waals surface area contributed by atoms with E-state index in [0.29, 0.717) is 28.7 Å². The van der Waals surface area contributed by atoms with E-state index in [9.17, 15) is 9.50 Å². The van der Waals surface area contributed by atoms with E-state index in [2.05, 4.69) is 0 Å². The predicted octanol–water partition coefficient (Wildman–Crippen LogP) is 6.00. The maximum Gasteiger partial charge on any atom is 0.232 e. The van der Waals surface area contributed by atoms with Crippen molar-refractivity contribution in [3.8, 4) is 11.5 Å². The largest absolute Gasteiger partial charge is 0.457 e. The number of aliphatic hydroxyl groups is 1. The molecule has 1 N–H and O–H groups in total. The number of halogens is 2. The van der Waals surface area contributed by atoms with Crippen molar-refractivity contribution in [2.24, 2.45) is 0 Å². The molecular formula is C24H24ClFO4. The Bertz CT molecular complexity index is 942. The molecule has 3 rings (SSSR count). The fourth-order valence-electron chi connectivity index (χ4n) is 2.91. The molecule has 3 aromatic carbocycles. The van der Waals surface area contributed by atoms with Crippen LogP contribution in [0.4, 0.5) is 4.39 Å². The highest BCUT2D eigenvalue weighted by Gasteiger charge is 2.35. The zero-order valence-corrected chi connectivity index (χ0v) is 17.6. The lowest BCUT2D eigenvalue weighted by atomic mass is 9.95. The van der Waals surface area contributed by atoms with Crippen molar-refractivity contribution in [2.45, 2.75) is 32.1 Å². The van der Waals surface area contributed by atoms with Crippen molar-refractivity contribution < 1.29 is 23.7 Å². The number of rotatable bonds is 9. The first-order valence-corrected chi connectivity index (χ1v) is 9.85. The molecule has 2 atom stereocenters. The van der Waals surface area contributed by atoms with Gasteiger partial charge in [-0.1, -0.05) is 48.0 Å². The summed E-state index contributed by atoms with van der Waals surface area (Å²) in [4.78, 5) is 0. The second-order valence-electron chi connectivity index (χ2n) is 7.11. The van der Waals surface area contributed by atoms with Gasteiger partial charge in [-0.25, -0.2) is 4.39 Å². The predicted molar refractivity (Wildman–Crippen MR) is 114 cm³/mol. The Morgan fingerprint density at radius 1 is 0.933 bits per heavy atom. The first kappa shape index (κ1) is 22.2. The van der Waals surface area contributed by atoms with Crippen molar-refractivity contribution in [2.75, 3.05) is 7.11 Å². The van der Waals surface area contributed by atoms with Crippen LogP contribution < -0.4 is 4.74 Å². The highest BCUT2D eigenvalue weighted by molar-refractivity contribution is 6.30. The van der Waals surface area contributed by atoms with Gasteiger partial charge in [0.2, 0.25) is 6.36 Å². The summed E-state index contributed by atoms with van der Waals surface area (Å²) in [7, 11) is 1.60. The maximum atomic E-state index is 14.7. The maximum absolute atomic E-state index is 14.7. The van der Waals surface area contributed by atoms with Crippen LogP contribution in [0.3, 0.4) is 0 Å². The molecular weight excluding hydrogens is 407 g/mol. The molecule has 30 heavy (non-hydrogen) atoms. The van der Waals surface area contributed by atoms with E-state index in [0.717, 1.165) is 11.1 Å². The van der Waals surface area contributed by atoms with E-state index in [-0.39, 0.29) is 6.61 Å². The average Bonchev–Trinajstić information content (AvgIpc) is 2.74. The molecule has 0 fully saturated rings. The lowest BCUT2D eigenvalue weighted by Gasteiger charge is -2.28. The van der Waals surface area contributed by atoms with E-state index >= 15 is 0 Å². The van der Waals surface area contributed by atoms with E-state index < -0.39 is 12.0 Å². The standard InChI is InChI=1S/C24H24ClFO4/c1-24(27,19-8-6-17(7-9-19)15-28-2)23(26)29-16-18-4-3-5-22(14-18)30-21-12-10-20(25)11-13-21/h3-14,23,27H,15-16H2,1-2H3. The van der Waals surface area contributed by atoms with Crippen LogP contribution in [0.5, 0.6) is 11.5 Å². The minimum absolute atomic E-state index is 0.0170. The molecule has 0 aliphatic heterocycles. The summed E-state index contributed by atoms with van der Waals surface area (Å²) in [5.74, 6) is 1.23. The van der Waals surface area contributed by atoms with Gasteiger partial charge in [-0.3, -0.25) is 0 Å². The van der Waals surface area contributed by atoms with Crippen LogP contribution in [0.25, 0.3) is 0 Å². The van der Waals surface area contributed by atoms with Gasteiger partial charge in [-0.05, 0) is 60.0 Å². The molecule has 6 heteroatoms. The Hall–Kier alpha value is -2.44. The third-order valence-corrected chi connectivity index (χ3v) is 4.89. The molecule has 0 spiro atoms. The molecule has 4 nitrogen and oxygen atoms in total. The van der Waals surface area contributed by atoms with Gasteiger partial charge >= 0.3 is 0 Å². The lowest BCUT2D eigenvalue weighted by molar-refractivity contribution is -0.175. The molecule has 2 unspecified atom stereocenters. The van der Waals surface area contributed by atoms with Crippen LogP contribution in [0.15, 0.2) is 72.8 Å². The summed E-state index contributed by atoms with van der Waals surface area (Å²) < 4.78 is 30.9. The van der Waals surface area contributed by atoms with Crippen LogP contribution in [0, 0.1) is 0 Å². The quantitative estimate of drug-likeness (QED) is 0.452. The van der Waals surface area contributed by atoms with Crippen molar-refractivity contribution in [3.63, 3.8) is 0 Å². The molecule has 0 saturated carbocycles. The van der Waals surface area contributed by atoms with Gasteiger partial charge < -0.3 is 19.3 Å². The van der Waals surface area contributed by atoms with Gasteiger partial charge in [-0.15, -0.1) is 0 Å². The summed E-state index contributed by atoms with van der Waals surface area (Å²) >= 11 is 5.88. The Labute approximate surface area is 180 Å². The van der Waals surface area contributed by atoms with Crippen molar-refractivity contribution >= 4 is 11.6 Å². The molecule has 0 aliphatic carbocycles. The second-order valence-corrected chi connectivity index (χ2v) is 7.54. The number of methoxy groups -OCH3 is 1. The number of hydrogen-bond donors (Lipinski definition) is 1. The summed E-state index contributed by atoms with van der Waals surface area (Å²) in [6, 6.07) is 21.1. The van der Waals surface area contributed by atoms with E-state index in [1.807, 2.05) is 0 Å². The molecule has 0 bridgehead atoms. The van der Waals surface area contributed by atoms with Crippen molar-refractivity contribution in [3.05, 3.63) is 94.5 Å². The molecule has 0 aromatic heterocycles. The zero-order chi connectivity index (χ0) is 21.6. The molecule has 0 saturated heterocycles. The third-order valence-electron chi connectivity index (χ3n) is 4.64. The fraction of sp³-hybridized carbons (Fsp3) is 0.250. The van der Waals surface area contributed by atoms with Gasteiger partial charge in [-0.2, -0.15) is 0 Å². The highest BCUT2D eigenvalue weighted by atomic mass is 35.5. The SMILES string of the molecule is COCc1ccc(C(C)(O)C(F)OCc2cccc(Oc3ccc(Cl)cc3)c2)cc1. The molecule has 0 radical (unpaired) electrons. The lowest BCUT2D eigenvalue weighted by Crippen LogP contribution is -2.35. The van der Waals surface area contributed by atoms with Crippen LogP contribution in [-0.4, -0.2) is 18.6 Å². The normalized spacial score (nSPS) is 14.2. The Morgan fingerprint density at radius 3 is 2.30 bits per heavy atom. The van der Waals surface area contributed by atoms with Crippen LogP contribution in [-0.2, 0) is 28.3 Å². The van der Waals surface area contributed by atoms with E-state index in [1.54, 1.807) is 79.9 Å². The minimum Gasteiger partial charge on any atom is -0.457 e. The Morgan fingerprint density at radius 2 is 1.63 bits per heavy atom. The van der Waals surface area contributed by atoms with Gasteiger partial charge in [0.1, 0.15) is 17.1 Å². The van der Waals surface area contributed by atoms with Crippen LogP contribution >= 0.6 is 11.6 Å². The fourth-order valence-corrected chi connectivity index (χ4v) is 3.03. The first-order chi connectivity index (χ1) is 14.4. The summed E-state index contributed by atoms with van der Waals surface area (Å²) in [5.41, 5.74) is 0.291. The van der Waals surface area contributed by atoms with E-state index in [1.165, 1.54) is 6.92 Å². The van der Waals surface area contributed by atoms with Gasteiger partial charge in [0.25, 0.3) is 0 Å². The van der Waals surface area contributed by atoms with Crippen LogP contribution in [0.1, 0.15) is 23.6 Å². The number of alkyl halides is 1. The number of hydrogen-bond acceptors (Lipinski definition) is 4. The van der Waals surface area contributed by atoms with Gasteiger partial charge in [0.15, 0.2) is 0 Å². The van der Waals surface area contributed by atoms with E-state index in [4.69, 9.17) is 25.8 Å². The molecule has 0 heterocycles. The average molecular weight is 431 g/mol. The number of benzene rings is 3. The van der Waals surface area contributed by atoms with Crippen molar-refractivity contribution in [1.29, 1.82) is 0 Å². The van der Waals surface area contributed by atoms with Crippen molar-refractivity contribution in [1.82, 2.24) is 0 Å². The summed E-state index contributed by atoms with van der Waals surface area (Å²) in [6.07, 6.45) is -1.91. The van der Waals surface area contributed by atoms with Gasteiger partial charge in [0.05, 0.1) is 13.2 Å². The monoisotopic (exact) mass is 430 g/mol. The smallest absolute Gasteiger partial charge is 0.232 e. The molecule has 0 amide bonds. The second kappa shape index (κ2) is 10.0. The molecule has 3 aromatic rings. The van der Waals surface area contributed by atoms with Crippen LogP contribution in [0.2, 0.25) is 5.02 Å². The minimum atomic E-state index is -1.91. The third kappa shape index (κ3) is 5.80. The first-order valence-electron chi connectivity index (χ1n) is 9.47. The summed E-state index contributed by atoms with van der Waals surface area (Å²) in [5, 5.41) is 11.3. The Kier molecular flexibility index (Phi) is 7.45. The Balaban J connectivity index is 1.61. The molecule has 158 valence electrons. The zero-order valence-electron chi connectivity index (χ0n) is 16.8. The topological polar surface area (TPSA) is 47.9 Å². The number of ether oxygens (including phenoxy) is 3. The summed E-state index contributed by atoms with van der Waals surface area (Å²) in [6.45, 7) is 1.83. The highest BCUT2D eigenvalue weighted by Crippen LogP contribution is 2.29. The molecule has 0 aliphatic rings. The van der Waals surface area contributed by atoms with Gasteiger partial charge in [0, 0.05) is 12.1 Å².